The highest BCUT2D eigenvalue weighted by atomic mass is 32.1. The van der Waals surface area contributed by atoms with Crippen molar-refractivity contribution in [2.75, 3.05) is 18.0 Å². The van der Waals surface area contributed by atoms with Crippen molar-refractivity contribution in [1.82, 2.24) is 0 Å². The first-order valence-corrected chi connectivity index (χ1v) is 35.4. The lowest BCUT2D eigenvalue weighted by atomic mass is 9.69. The van der Waals surface area contributed by atoms with Crippen molar-refractivity contribution in [3.8, 4) is 31.3 Å². The second kappa shape index (κ2) is 24.2. The number of ketones is 2. The first-order chi connectivity index (χ1) is 42.6. The second-order valence-electron chi connectivity index (χ2n) is 28.9. The highest BCUT2D eigenvalue weighted by molar-refractivity contribution is 7.18. The number of aryl methyl sites for hydroxylation is 1. The maximum atomic E-state index is 14.6. The summed E-state index contributed by atoms with van der Waals surface area (Å²) < 4.78 is 2.37. The molecule has 0 spiro atoms. The molecule has 0 amide bonds. The summed E-state index contributed by atoms with van der Waals surface area (Å²) in [4.78, 5) is 36.2. The van der Waals surface area contributed by atoms with Gasteiger partial charge in [0.1, 0.15) is 6.54 Å². The van der Waals surface area contributed by atoms with E-state index in [9.17, 15) is 19.8 Å². The van der Waals surface area contributed by atoms with Crippen molar-refractivity contribution < 1.29 is 24.4 Å². The predicted molar refractivity (Wildman–Crippen MR) is 369 cm³/mol. The molecule has 0 bridgehead atoms. The van der Waals surface area contributed by atoms with Gasteiger partial charge in [-0.15, -0.1) is 22.7 Å². The molecule has 0 radical (unpaired) electrons. The molecule has 12 rings (SSSR count). The number of carbonyl (C=O) groups is 2. The fourth-order valence-electron chi connectivity index (χ4n) is 16.6. The maximum Gasteiger partial charge on any atom is 0.209 e. The Balaban J connectivity index is 0.798. The van der Waals surface area contributed by atoms with Crippen LogP contribution >= 0.6 is 22.7 Å². The predicted octanol–water partition coefficient (Wildman–Crippen LogP) is 19.3. The molecule has 0 saturated carbocycles. The molecule has 6 nitrogen and oxygen atoms in total. The summed E-state index contributed by atoms with van der Waals surface area (Å²) in [5.74, 6) is 0.105. The van der Waals surface area contributed by atoms with Gasteiger partial charge in [0.05, 0.1) is 5.41 Å². The van der Waals surface area contributed by atoms with Gasteiger partial charge in [0.25, 0.3) is 0 Å². The van der Waals surface area contributed by atoms with Gasteiger partial charge in [-0.05, 0) is 192 Å². The van der Waals surface area contributed by atoms with Crippen molar-refractivity contribution in [1.29, 1.82) is 0 Å². The van der Waals surface area contributed by atoms with Gasteiger partial charge < -0.3 is 15.1 Å². The fourth-order valence-corrected chi connectivity index (χ4v) is 18.5. The van der Waals surface area contributed by atoms with Gasteiger partial charge in [-0.25, -0.2) is 0 Å². The van der Waals surface area contributed by atoms with Crippen LogP contribution in [0.2, 0.25) is 0 Å². The van der Waals surface area contributed by atoms with E-state index < -0.39 is 5.41 Å². The van der Waals surface area contributed by atoms with Gasteiger partial charge in [0.15, 0.2) is 17.3 Å². The number of hydrogen-bond donors (Lipinski definition) is 0. The van der Waals surface area contributed by atoms with Gasteiger partial charge in [0.2, 0.25) is 5.69 Å². The minimum atomic E-state index is -0.401. The molecule has 2 aliphatic heterocycles. The summed E-state index contributed by atoms with van der Waals surface area (Å²) in [5.41, 5.74) is 15.9. The van der Waals surface area contributed by atoms with Crippen LogP contribution in [0.3, 0.4) is 0 Å². The van der Waals surface area contributed by atoms with E-state index in [1.54, 1.807) is 11.3 Å². The van der Waals surface area contributed by atoms with Crippen LogP contribution in [0.5, 0.6) is 0 Å². The molecule has 4 aromatic carbocycles. The van der Waals surface area contributed by atoms with E-state index in [4.69, 9.17) is 0 Å². The summed E-state index contributed by atoms with van der Waals surface area (Å²) in [5, 5.41) is 28.9. The van der Waals surface area contributed by atoms with Gasteiger partial charge in [-0.3, -0.25) is 9.59 Å². The van der Waals surface area contributed by atoms with Crippen LogP contribution in [-0.4, -0.2) is 34.9 Å². The molecule has 4 heterocycles. The van der Waals surface area contributed by atoms with Gasteiger partial charge >= 0.3 is 0 Å². The van der Waals surface area contributed by atoms with Crippen LogP contribution in [0.4, 0.5) is 11.4 Å². The third-order valence-corrected chi connectivity index (χ3v) is 24.2. The Kier molecular flexibility index (Phi) is 17.0. The smallest absolute Gasteiger partial charge is 0.209 e. The third-order valence-electron chi connectivity index (χ3n) is 22.0. The molecule has 89 heavy (non-hydrogen) atoms. The zero-order chi connectivity index (χ0) is 63.1. The Morgan fingerprint density at radius 1 is 0.573 bits per heavy atom. The number of fused-ring (bicyclic) bond motifs is 4. The Bertz CT molecular complexity index is 4010. The fraction of sp³-hybridized carbons (Fsp3) is 0.444. The zero-order valence-electron chi connectivity index (χ0n) is 55.3. The van der Waals surface area contributed by atoms with E-state index in [0.29, 0.717) is 28.7 Å². The normalized spacial score (nSPS) is 23.1. The number of anilines is 1. The number of Topliss-reactive ketones (excluding diaryl/α,β-unsaturated/α-hetero) is 2. The van der Waals surface area contributed by atoms with Crippen molar-refractivity contribution in [2.45, 2.75) is 207 Å². The zero-order valence-corrected chi connectivity index (χ0v) is 56.9. The molecule has 8 heteroatoms. The molecule has 6 aromatic rings. The number of benzene rings is 4. The summed E-state index contributed by atoms with van der Waals surface area (Å²) >= 11 is 3.62. The van der Waals surface area contributed by atoms with Crippen molar-refractivity contribution in [2.24, 2.45) is 11.8 Å². The standard InChI is InChI=1S/C81H94N2O4S2/c1-14-18-21-23-27-54-56-35-32-51(43-63(56)79(8,9)65(54)46-58-76(86)60(77(58)87)48-73-81(12,13)66-44-52(69-37-30-49(5)88-69)33-36-68(66)82(73)40-20-16-3)71-39-38-70(89-71)50-31-34-55-53(17-4)64(78(6,7)62(55)42-50)45-57-74(84)59(75(57)85)47-72-80(10,11)61-28-24-25-29-67(61)83(72)41-26-22-19-15-2/h24-25,28-39,42-44,46-48,53-54,64-65H,14-23,26-27,40-41,45H2,1-13H3,(H-,84,85,86,87)/p-1/b73-48-. The Morgan fingerprint density at radius 2 is 1.18 bits per heavy atom. The largest absolute Gasteiger partial charge is 0.872 e. The number of allylic oxidation sites excluding steroid dienone is 8. The number of hydrogen-bond acceptors (Lipinski definition) is 7. The molecular formula is C81H93N2O4S2-. The average Bonchev–Trinajstić information content (AvgIpc) is 1.65. The minimum Gasteiger partial charge on any atom is -0.872 e. The van der Waals surface area contributed by atoms with Crippen molar-refractivity contribution >= 4 is 51.3 Å². The Hall–Kier alpha value is -6.61. The van der Waals surface area contributed by atoms with E-state index in [2.05, 4.69) is 209 Å². The van der Waals surface area contributed by atoms with E-state index in [1.165, 1.54) is 100 Å². The minimum absolute atomic E-state index is 0.0152. The Labute approximate surface area is 539 Å². The molecule has 2 aromatic heterocycles. The molecule has 0 N–H and O–H groups in total. The maximum absolute atomic E-state index is 14.6. The first-order valence-electron chi connectivity index (χ1n) is 33.8. The summed E-state index contributed by atoms with van der Waals surface area (Å²) in [6, 6.07) is 38.3. The monoisotopic (exact) mass is 1220 g/mol. The van der Waals surface area contributed by atoms with Crippen LogP contribution in [0.25, 0.3) is 31.3 Å². The quantitative estimate of drug-likeness (QED) is 0.0384. The number of carbonyl (C=O) groups excluding carboxylic acids is 2. The summed E-state index contributed by atoms with van der Waals surface area (Å²) in [7, 11) is 0. The van der Waals surface area contributed by atoms with Gasteiger partial charge in [-0.1, -0.05) is 180 Å². The highest BCUT2D eigenvalue weighted by Crippen LogP contribution is 2.59. The number of para-hydroxylation sites is 1. The summed E-state index contributed by atoms with van der Waals surface area (Å²) in [6.45, 7) is 31.0. The van der Waals surface area contributed by atoms with Crippen LogP contribution in [0, 0.1) is 18.8 Å². The van der Waals surface area contributed by atoms with Crippen LogP contribution < -0.4 is 15.1 Å². The first kappa shape index (κ1) is 62.6. The molecule has 464 valence electrons. The molecule has 6 aliphatic rings. The van der Waals surface area contributed by atoms with E-state index in [-0.39, 0.29) is 63.0 Å². The van der Waals surface area contributed by atoms with E-state index >= 15 is 0 Å². The number of unbranched alkanes of at least 4 members (excludes halogenated alkanes) is 7. The van der Waals surface area contributed by atoms with Crippen LogP contribution in [0.15, 0.2) is 161 Å². The van der Waals surface area contributed by atoms with Crippen molar-refractivity contribution in [3.63, 3.8) is 0 Å². The molecule has 4 unspecified atom stereocenters. The lowest BCUT2D eigenvalue weighted by Gasteiger charge is -2.37. The molecule has 4 atom stereocenters. The topological polar surface area (TPSA) is 86.5 Å². The lowest BCUT2D eigenvalue weighted by Crippen LogP contribution is -2.37. The molecular weight excluding hydrogens is 1130 g/mol. The van der Waals surface area contributed by atoms with Crippen molar-refractivity contribution in [3.05, 3.63) is 199 Å². The van der Waals surface area contributed by atoms with E-state index in [0.717, 1.165) is 82.3 Å². The van der Waals surface area contributed by atoms with Gasteiger partial charge in [-0.2, -0.15) is 4.58 Å². The lowest BCUT2D eigenvalue weighted by molar-refractivity contribution is -0.438. The SMILES string of the molecule is CCCCCCC1c2ccc(-c3ccc(-c4ccc5c(c4)C(C)(C)C(CC4=C([O-])/C(=C\C6=[N+](CCCCCC)c7ccccc7C6(C)C)C4=O)C5CC)s3)cc2C(C)(C)C1/C=C1/C(=O)C(/C=C2\N(CCCC)c3ccc(-c4ccc(C)s4)cc3C2(C)C)=C1[O-]. The third kappa shape index (κ3) is 10.7. The van der Waals surface area contributed by atoms with Crippen LogP contribution in [-0.2, 0) is 31.2 Å². The number of nitrogens with zero attached hydrogens (tertiary/aromatic N) is 2. The van der Waals surface area contributed by atoms with Gasteiger partial charge in [0, 0.05) is 83.7 Å². The average molecular weight is 1220 g/mol. The number of thiophene rings is 2. The van der Waals surface area contributed by atoms with Crippen LogP contribution in [0.1, 0.15) is 217 Å². The number of rotatable bonds is 22. The Morgan fingerprint density at radius 3 is 1.81 bits per heavy atom. The molecule has 4 aliphatic carbocycles. The summed E-state index contributed by atoms with van der Waals surface area (Å²) in [6.07, 6.45) is 19.7. The second-order valence-corrected chi connectivity index (χ2v) is 31.3. The molecule has 0 fully saturated rings. The molecule has 0 saturated heterocycles. The van der Waals surface area contributed by atoms with E-state index in [1.807, 2.05) is 23.5 Å². The highest BCUT2D eigenvalue weighted by Gasteiger charge is 2.50.